The lowest BCUT2D eigenvalue weighted by atomic mass is 9.95. The largest absolute Gasteiger partial charge is 0.321 e. The number of carbonyl (C=O) groups is 1. The molecule has 7 heteroatoms. The van der Waals surface area contributed by atoms with Gasteiger partial charge in [0.2, 0.25) is 0 Å². The Balaban J connectivity index is 1.46. The van der Waals surface area contributed by atoms with Gasteiger partial charge in [0.1, 0.15) is 4.88 Å². The Morgan fingerprint density at radius 2 is 2.15 bits per heavy atom. The SMILES string of the molecule is Cc1nc(CC2CCNCC2)sc1C(=O)Nc1cccc(-c2cn[nH]c2)c1. The molecule has 1 saturated heterocycles. The summed E-state index contributed by atoms with van der Waals surface area (Å²) >= 11 is 1.52. The van der Waals surface area contributed by atoms with Gasteiger partial charge in [0, 0.05) is 23.9 Å². The maximum atomic E-state index is 12.8. The van der Waals surface area contributed by atoms with Crippen LogP contribution in [0, 0.1) is 12.8 Å². The molecule has 0 spiro atoms. The molecule has 0 saturated carbocycles. The van der Waals surface area contributed by atoms with E-state index in [-0.39, 0.29) is 5.91 Å². The van der Waals surface area contributed by atoms with Gasteiger partial charge in [0.05, 0.1) is 16.9 Å². The Bertz CT molecular complexity index is 912. The van der Waals surface area contributed by atoms with Crippen LogP contribution in [0.3, 0.4) is 0 Å². The van der Waals surface area contributed by atoms with Gasteiger partial charge in [0.25, 0.3) is 5.91 Å². The molecule has 1 aliphatic rings. The number of H-pyrrole nitrogens is 1. The van der Waals surface area contributed by atoms with Crippen molar-refractivity contribution in [1.29, 1.82) is 0 Å². The Kier molecular flexibility index (Phi) is 5.31. The second-order valence-electron chi connectivity index (χ2n) is 6.94. The lowest BCUT2D eigenvalue weighted by molar-refractivity contribution is 0.103. The van der Waals surface area contributed by atoms with Crippen molar-refractivity contribution in [1.82, 2.24) is 20.5 Å². The van der Waals surface area contributed by atoms with E-state index in [9.17, 15) is 4.79 Å². The van der Waals surface area contributed by atoms with Crippen molar-refractivity contribution in [3.63, 3.8) is 0 Å². The van der Waals surface area contributed by atoms with Crippen molar-refractivity contribution >= 4 is 22.9 Å². The third-order valence-electron chi connectivity index (χ3n) is 4.92. The summed E-state index contributed by atoms with van der Waals surface area (Å²) in [6.07, 6.45) is 6.93. The summed E-state index contributed by atoms with van der Waals surface area (Å²) in [5.74, 6) is 0.574. The van der Waals surface area contributed by atoms with Gasteiger partial charge in [-0.3, -0.25) is 9.89 Å². The predicted molar refractivity (Wildman–Crippen MR) is 108 cm³/mol. The van der Waals surface area contributed by atoms with Crippen molar-refractivity contribution < 1.29 is 4.79 Å². The zero-order valence-corrected chi connectivity index (χ0v) is 16.1. The topological polar surface area (TPSA) is 82.7 Å². The highest BCUT2D eigenvalue weighted by Gasteiger charge is 2.19. The molecule has 3 N–H and O–H groups in total. The first-order valence-electron chi connectivity index (χ1n) is 9.26. The van der Waals surface area contributed by atoms with Gasteiger partial charge in [0.15, 0.2) is 0 Å². The lowest BCUT2D eigenvalue weighted by Gasteiger charge is -2.21. The van der Waals surface area contributed by atoms with Gasteiger partial charge < -0.3 is 10.6 Å². The molecule has 0 unspecified atom stereocenters. The summed E-state index contributed by atoms with van der Waals surface area (Å²) in [4.78, 5) is 18.1. The molecule has 0 radical (unpaired) electrons. The van der Waals surface area contributed by atoms with Crippen LogP contribution in [0.25, 0.3) is 11.1 Å². The minimum Gasteiger partial charge on any atom is -0.321 e. The molecule has 140 valence electrons. The monoisotopic (exact) mass is 381 g/mol. The highest BCUT2D eigenvalue weighted by Crippen LogP contribution is 2.26. The van der Waals surface area contributed by atoms with Crippen LogP contribution in [-0.4, -0.2) is 34.2 Å². The number of nitrogens with one attached hydrogen (secondary N) is 3. The number of anilines is 1. The molecule has 0 aliphatic carbocycles. The fourth-order valence-corrected chi connectivity index (χ4v) is 4.53. The third kappa shape index (κ3) is 4.26. The quantitative estimate of drug-likeness (QED) is 0.630. The summed E-state index contributed by atoms with van der Waals surface area (Å²) in [6.45, 7) is 4.07. The maximum absolute atomic E-state index is 12.8. The van der Waals surface area contributed by atoms with Crippen molar-refractivity contribution in [2.24, 2.45) is 5.92 Å². The summed E-state index contributed by atoms with van der Waals surface area (Å²) in [6, 6.07) is 7.78. The van der Waals surface area contributed by atoms with E-state index in [1.807, 2.05) is 37.4 Å². The molecular weight excluding hydrogens is 358 g/mol. The van der Waals surface area contributed by atoms with Crippen LogP contribution in [0.4, 0.5) is 5.69 Å². The number of hydrogen-bond acceptors (Lipinski definition) is 5. The van der Waals surface area contributed by atoms with E-state index in [1.54, 1.807) is 6.20 Å². The van der Waals surface area contributed by atoms with Crippen LogP contribution in [0.15, 0.2) is 36.7 Å². The number of carbonyl (C=O) groups excluding carboxylic acids is 1. The van der Waals surface area contributed by atoms with Crippen molar-refractivity contribution in [3.05, 3.63) is 52.2 Å². The Labute approximate surface area is 162 Å². The van der Waals surface area contributed by atoms with Crippen LogP contribution >= 0.6 is 11.3 Å². The first-order chi connectivity index (χ1) is 13.2. The molecule has 6 nitrogen and oxygen atoms in total. The zero-order chi connectivity index (χ0) is 18.6. The molecule has 1 fully saturated rings. The van der Waals surface area contributed by atoms with Gasteiger partial charge in [-0.05, 0) is 56.5 Å². The molecular formula is C20H23N5OS. The van der Waals surface area contributed by atoms with E-state index in [0.717, 1.165) is 47.0 Å². The number of thiazole rings is 1. The summed E-state index contributed by atoms with van der Waals surface area (Å²) in [5.41, 5.74) is 3.58. The number of hydrogen-bond donors (Lipinski definition) is 3. The summed E-state index contributed by atoms with van der Waals surface area (Å²) in [7, 11) is 0. The van der Waals surface area contributed by atoms with Crippen LogP contribution < -0.4 is 10.6 Å². The second-order valence-corrected chi connectivity index (χ2v) is 8.03. The van der Waals surface area contributed by atoms with E-state index in [1.165, 1.54) is 24.2 Å². The first kappa shape index (κ1) is 17.9. The molecule has 1 amide bonds. The van der Waals surface area contributed by atoms with Crippen LogP contribution in [-0.2, 0) is 6.42 Å². The Morgan fingerprint density at radius 3 is 2.93 bits per heavy atom. The molecule has 1 aromatic carbocycles. The molecule has 0 atom stereocenters. The molecule has 4 rings (SSSR count). The number of aryl methyl sites for hydroxylation is 1. The molecule has 0 bridgehead atoms. The molecule has 2 aromatic heterocycles. The molecule has 1 aliphatic heterocycles. The highest BCUT2D eigenvalue weighted by atomic mass is 32.1. The van der Waals surface area contributed by atoms with E-state index in [0.29, 0.717) is 10.8 Å². The number of benzene rings is 1. The maximum Gasteiger partial charge on any atom is 0.267 e. The number of amides is 1. The van der Waals surface area contributed by atoms with Gasteiger partial charge in [-0.15, -0.1) is 11.3 Å². The van der Waals surface area contributed by atoms with Crippen molar-refractivity contribution in [3.8, 4) is 11.1 Å². The van der Waals surface area contributed by atoms with E-state index in [2.05, 4.69) is 25.8 Å². The fourth-order valence-electron chi connectivity index (χ4n) is 3.46. The molecule has 3 heterocycles. The normalized spacial score (nSPS) is 15.0. The van der Waals surface area contributed by atoms with E-state index >= 15 is 0 Å². The van der Waals surface area contributed by atoms with Gasteiger partial charge in [-0.1, -0.05) is 12.1 Å². The van der Waals surface area contributed by atoms with Crippen LogP contribution in [0.2, 0.25) is 0 Å². The smallest absolute Gasteiger partial charge is 0.267 e. The van der Waals surface area contributed by atoms with Crippen molar-refractivity contribution in [2.45, 2.75) is 26.2 Å². The van der Waals surface area contributed by atoms with Crippen LogP contribution in [0.5, 0.6) is 0 Å². The number of piperidine rings is 1. The van der Waals surface area contributed by atoms with E-state index < -0.39 is 0 Å². The van der Waals surface area contributed by atoms with Gasteiger partial charge in [-0.25, -0.2) is 4.98 Å². The fraction of sp³-hybridized carbons (Fsp3) is 0.350. The van der Waals surface area contributed by atoms with Gasteiger partial charge in [-0.2, -0.15) is 5.10 Å². The second kappa shape index (κ2) is 8.02. The number of aromatic nitrogens is 3. The Morgan fingerprint density at radius 1 is 1.30 bits per heavy atom. The first-order valence-corrected chi connectivity index (χ1v) is 10.1. The number of nitrogens with zero attached hydrogens (tertiary/aromatic N) is 2. The standard InChI is InChI=1S/C20H23N5OS/c1-13-19(27-18(24-13)9-14-5-7-21-8-6-14)20(26)25-17-4-2-3-15(10-17)16-11-22-23-12-16/h2-4,10-12,14,21H,5-9H2,1H3,(H,22,23)(H,25,26). The van der Waals surface area contributed by atoms with Crippen LogP contribution in [0.1, 0.15) is 33.2 Å². The van der Waals surface area contributed by atoms with Gasteiger partial charge >= 0.3 is 0 Å². The van der Waals surface area contributed by atoms with E-state index in [4.69, 9.17) is 0 Å². The minimum atomic E-state index is -0.0918. The summed E-state index contributed by atoms with van der Waals surface area (Å²) in [5, 5.41) is 14.3. The average molecular weight is 382 g/mol. The Hall–Kier alpha value is -2.51. The average Bonchev–Trinajstić information content (AvgIpc) is 3.33. The number of aromatic amines is 1. The zero-order valence-electron chi connectivity index (χ0n) is 15.3. The van der Waals surface area contributed by atoms with Crippen molar-refractivity contribution in [2.75, 3.05) is 18.4 Å². The summed E-state index contributed by atoms with van der Waals surface area (Å²) < 4.78 is 0. The number of rotatable bonds is 5. The predicted octanol–water partition coefficient (Wildman–Crippen LogP) is 3.64. The highest BCUT2D eigenvalue weighted by molar-refractivity contribution is 7.13. The molecule has 3 aromatic rings. The molecule has 27 heavy (non-hydrogen) atoms. The lowest BCUT2D eigenvalue weighted by Crippen LogP contribution is -2.28. The minimum absolute atomic E-state index is 0.0918. The third-order valence-corrected chi connectivity index (χ3v) is 6.10.